The van der Waals surface area contributed by atoms with Gasteiger partial charge in [-0.25, -0.2) is 0 Å². The van der Waals surface area contributed by atoms with Gasteiger partial charge in [0.2, 0.25) is 0 Å². The zero-order valence-corrected chi connectivity index (χ0v) is 6.20. The number of nitriles is 1. The highest BCUT2D eigenvalue weighted by atomic mass is 14.9. The molecule has 0 bridgehead atoms. The molecule has 3 N–H and O–H groups in total. The smallest absolute Gasteiger partial charge is 0.121 e. The third-order valence-corrected chi connectivity index (χ3v) is 1.69. The highest BCUT2D eigenvalue weighted by molar-refractivity contribution is 5.87. The number of anilines is 1. The van der Waals surface area contributed by atoms with Gasteiger partial charge in [-0.05, 0) is 12.1 Å². The second-order valence-electron chi connectivity index (χ2n) is 2.43. The summed E-state index contributed by atoms with van der Waals surface area (Å²) in [5, 5.41) is 8.72. The highest BCUT2D eigenvalue weighted by Gasteiger charge is 2.07. The van der Waals surface area contributed by atoms with Gasteiger partial charge < -0.3 is 10.7 Å². The van der Waals surface area contributed by atoms with E-state index in [9.17, 15) is 0 Å². The van der Waals surface area contributed by atoms with Crippen LogP contribution in [0.2, 0.25) is 0 Å². The molecule has 0 aliphatic carbocycles. The molecule has 0 spiro atoms. The minimum absolute atomic E-state index is 0.381. The summed E-state index contributed by atoms with van der Waals surface area (Å²) in [6.07, 6.45) is 1.64. The van der Waals surface area contributed by atoms with Crippen molar-refractivity contribution >= 4 is 16.9 Å². The topological polar surface area (TPSA) is 78.5 Å². The molecule has 0 amide bonds. The van der Waals surface area contributed by atoms with Gasteiger partial charge in [-0.3, -0.25) is 4.98 Å². The predicted octanol–water partition coefficient (Wildman–Crippen LogP) is 1.02. The Balaban J connectivity index is 2.93. The molecule has 0 radical (unpaired) electrons. The summed E-state index contributed by atoms with van der Waals surface area (Å²) in [4.78, 5) is 6.91. The van der Waals surface area contributed by atoms with Crippen molar-refractivity contribution in [2.75, 3.05) is 5.73 Å². The summed E-state index contributed by atoms with van der Waals surface area (Å²) in [6.45, 7) is 0. The first-order valence-electron chi connectivity index (χ1n) is 3.45. The summed E-state index contributed by atoms with van der Waals surface area (Å²) in [5.41, 5.74) is 7.40. The van der Waals surface area contributed by atoms with Crippen LogP contribution in [0.3, 0.4) is 0 Å². The maximum Gasteiger partial charge on any atom is 0.121 e. The van der Waals surface area contributed by atoms with Gasteiger partial charge in [-0.15, -0.1) is 0 Å². The van der Waals surface area contributed by atoms with Crippen molar-refractivity contribution < 1.29 is 0 Å². The number of H-pyrrole nitrogens is 1. The summed E-state index contributed by atoms with van der Waals surface area (Å²) in [5.74, 6) is 0.381. The Morgan fingerprint density at radius 2 is 2.42 bits per heavy atom. The molecule has 0 saturated heterocycles. The fourth-order valence-corrected chi connectivity index (χ4v) is 1.15. The van der Waals surface area contributed by atoms with Crippen LogP contribution in [0.5, 0.6) is 0 Å². The van der Waals surface area contributed by atoms with E-state index in [-0.39, 0.29) is 0 Å². The molecule has 2 rings (SSSR count). The first kappa shape index (κ1) is 6.68. The van der Waals surface area contributed by atoms with Gasteiger partial charge in [0, 0.05) is 6.20 Å². The number of hydrogen-bond acceptors (Lipinski definition) is 3. The minimum atomic E-state index is 0.381. The molecule has 0 aliphatic heterocycles. The molecule has 0 saturated carbocycles. The minimum Gasteiger partial charge on any atom is -0.384 e. The highest BCUT2D eigenvalue weighted by Crippen LogP contribution is 2.19. The third-order valence-electron chi connectivity index (χ3n) is 1.69. The van der Waals surface area contributed by atoms with Crippen LogP contribution in [-0.4, -0.2) is 9.97 Å². The molecule has 4 nitrogen and oxygen atoms in total. The lowest BCUT2D eigenvalue weighted by Gasteiger charge is -1.84. The third kappa shape index (κ3) is 0.736. The van der Waals surface area contributed by atoms with Crippen LogP contribution in [0.15, 0.2) is 18.3 Å². The lowest BCUT2D eigenvalue weighted by atomic mass is 10.3. The van der Waals surface area contributed by atoms with E-state index in [4.69, 9.17) is 11.0 Å². The number of pyridine rings is 1. The van der Waals surface area contributed by atoms with Crippen molar-refractivity contribution in [1.29, 1.82) is 5.26 Å². The van der Waals surface area contributed by atoms with E-state index in [1.54, 1.807) is 12.3 Å². The number of rotatable bonds is 0. The lowest BCUT2D eigenvalue weighted by Crippen LogP contribution is -1.86. The number of nitrogens with two attached hydrogens (primary N) is 1. The molecule has 0 aromatic carbocycles. The van der Waals surface area contributed by atoms with E-state index < -0.39 is 0 Å². The molecular weight excluding hydrogens is 152 g/mol. The summed E-state index contributed by atoms with van der Waals surface area (Å²) in [7, 11) is 0. The van der Waals surface area contributed by atoms with E-state index in [1.165, 1.54) is 0 Å². The first-order valence-corrected chi connectivity index (χ1v) is 3.45. The van der Waals surface area contributed by atoms with Crippen molar-refractivity contribution in [2.45, 2.75) is 0 Å². The van der Waals surface area contributed by atoms with Gasteiger partial charge in [0.05, 0.1) is 5.52 Å². The molecule has 0 atom stereocenters. The predicted molar refractivity (Wildman–Crippen MR) is 45.2 cm³/mol. The van der Waals surface area contributed by atoms with Gasteiger partial charge in [-0.1, -0.05) is 0 Å². The second-order valence-corrected chi connectivity index (χ2v) is 2.43. The summed E-state index contributed by atoms with van der Waals surface area (Å²) in [6, 6.07) is 5.62. The van der Waals surface area contributed by atoms with E-state index >= 15 is 0 Å². The maximum atomic E-state index is 8.72. The maximum absolute atomic E-state index is 8.72. The van der Waals surface area contributed by atoms with Crippen LogP contribution in [0.1, 0.15) is 5.56 Å². The van der Waals surface area contributed by atoms with Crippen LogP contribution < -0.4 is 5.73 Å². The van der Waals surface area contributed by atoms with Crippen molar-refractivity contribution in [3.8, 4) is 6.07 Å². The molecule has 2 aromatic heterocycles. The monoisotopic (exact) mass is 158 g/mol. The Hall–Kier alpha value is -2.02. The number of aromatic amines is 1. The molecular formula is C8H6N4. The van der Waals surface area contributed by atoms with E-state index in [0.717, 1.165) is 5.52 Å². The van der Waals surface area contributed by atoms with Crippen LogP contribution in [0, 0.1) is 11.3 Å². The molecule has 0 unspecified atom stereocenters. The standard InChI is InChI=1S/C8H6N4/c9-4-5-7-6(12-8(5)10)2-1-3-11-7/h1-3,12H,10H2. The fraction of sp³-hybridized carbons (Fsp3) is 0. The lowest BCUT2D eigenvalue weighted by molar-refractivity contribution is 1.40. The van der Waals surface area contributed by atoms with Gasteiger partial charge in [0.1, 0.15) is 23.0 Å². The van der Waals surface area contributed by atoms with Gasteiger partial charge in [-0.2, -0.15) is 5.26 Å². The largest absolute Gasteiger partial charge is 0.384 e. The Kier molecular flexibility index (Phi) is 1.25. The summed E-state index contributed by atoms with van der Waals surface area (Å²) >= 11 is 0. The Morgan fingerprint density at radius 1 is 1.58 bits per heavy atom. The van der Waals surface area contributed by atoms with E-state index in [0.29, 0.717) is 16.9 Å². The number of hydrogen-bond donors (Lipinski definition) is 2. The van der Waals surface area contributed by atoms with Crippen LogP contribution >= 0.6 is 0 Å². The van der Waals surface area contributed by atoms with Gasteiger partial charge in [0.25, 0.3) is 0 Å². The fourth-order valence-electron chi connectivity index (χ4n) is 1.15. The Morgan fingerprint density at radius 3 is 3.17 bits per heavy atom. The van der Waals surface area contributed by atoms with E-state index in [2.05, 4.69) is 9.97 Å². The Labute approximate surface area is 68.6 Å². The quantitative estimate of drug-likeness (QED) is 0.600. The first-order chi connectivity index (χ1) is 5.83. The number of nitrogen functional groups attached to an aromatic ring is 1. The van der Waals surface area contributed by atoms with Crippen molar-refractivity contribution in [3.05, 3.63) is 23.9 Å². The Bertz CT molecular complexity index is 463. The van der Waals surface area contributed by atoms with Crippen molar-refractivity contribution in [1.82, 2.24) is 9.97 Å². The summed E-state index contributed by atoms with van der Waals surface area (Å²) < 4.78 is 0. The average molecular weight is 158 g/mol. The molecule has 2 aromatic rings. The molecule has 2 heterocycles. The van der Waals surface area contributed by atoms with Crippen molar-refractivity contribution in [3.63, 3.8) is 0 Å². The zero-order chi connectivity index (χ0) is 8.55. The number of nitrogens with zero attached hydrogens (tertiary/aromatic N) is 2. The SMILES string of the molecule is N#Cc1c(N)[nH]c2cccnc12. The molecule has 0 aliphatic rings. The molecule has 12 heavy (non-hydrogen) atoms. The second kappa shape index (κ2) is 2.24. The van der Waals surface area contributed by atoms with Gasteiger partial charge in [0.15, 0.2) is 0 Å². The number of aromatic nitrogens is 2. The molecule has 0 fully saturated rings. The van der Waals surface area contributed by atoms with Crippen LogP contribution in [-0.2, 0) is 0 Å². The van der Waals surface area contributed by atoms with E-state index in [1.807, 2.05) is 12.1 Å². The number of nitrogens with one attached hydrogen (secondary N) is 1. The molecule has 58 valence electrons. The normalized spacial score (nSPS) is 9.92. The average Bonchev–Trinajstić information content (AvgIpc) is 2.40. The molecule has 4 heteroatoms. The zero-order valence-electron chi connectivity index (χ0n) is 6.20. The van der Waals surface area contributed by atoms with Crippen molar-refractivity contribution in [2.24, 2.45) is 0 Å². The van der Waals surface area contributed by atoms with Crippen LogP contribution in [0.25, 0.3) is 11.0 Å². The van der Waals surface area contributed by atoms with Crippen LogP contribution in [0.4, 0.5) is 5.82 Å². The number of fused-ring (bicyclic) bond motifs is 1. The van der Waals surface area contributed by atoms with Gasteiger partial charge >= 0.3 is 0 Å².